The monoisotopic (exact) mass is 313 g/mol. The maximum atomic E-state index is 13.5. The molecule has 1 amide bonds. The van der Waals surface area contributed by atoms with E-state index in [1.807, 2.05) is 0 Å². The van der Waals surface area contributed by atoms with Gasteiger partial charge in [0.1, 0.15) is 5.82 Å². The van der Waals surface area contributed by atoms with Crippen LogP contribution in [-0.2, 0) is 4.74 Å². The van der Waals surface area contributed by atoms with Crippen molar-refractivity contribution in [3.05, 3.63) is 34.6 Å². The van der Waals surface area contributed by atoms with Gasteiger partial charge >= 0.3 is 0 Å². The first-order valence-electron chi connectivity index (χ1n) is 7.43. The Kier molecular flexibility index (Phi) is 6.00. The average molecular weight is 314 g/mol. The van der Waals surface area contributed by atoms with Crippen LogP contribution in [0.5, 0.6) is 0 Å². The molecule has 1 aliphatic rings. The van der Waals surface area contributed by atoms with Crippen molar-refractivity contribution < 1.29 is 13.9 Å². The molecule has 1 aromatic rings. The number of hydrogen-bond donors (Lipinski definition) is 1. The minimum Gasteiger partial charge on any atom is -0.376 e. The van der Waals surface area contributed by atoms with Gasteiger partial charge in [-0.3, -0.25) is 4.79 Å². The first kappa shape index (κ1) is 16.2. The summed E-state index contributed by atoms with van der Waals surface area (Å²) >= 11 is 5.77. The van der Waals surface area contributed by atoms with Crippen LogP contribution >= 0.6 is 11.6 Å². The fourth-order valence-electron chi connectivity index (χ4n) is 2.67. The van der Waals surface area contributed by atoms with Gasteiger partial charge in [0.05, 0.1) is 18.3 Å². The zero-order valence-corrected chi connectivity index (χ0v) is 13.0. The van der Waals surface area contributed by atoms with Gasteiger partial charge in [0, 0.05) is 11.6 Å². The Labute approximate surface area is 129 Å². The van der Waals surface area contributed by atoms with Crippen molar-refractivity contribution in [3.63, 3.8) is 0 Å². The highest BCUT2D eigenvalue weighted by molar-refractivity contribution is 6.30. The molecule has 0 spiro atoms. The SMILES string of the molecule is C[C@H]1CCCC[C@@H]1OCCNC(=O)c1cc(Cl)ccc1F. The molecule has 0 saturated heterocycles. The van der Waals surface area contributed by atoms with Gasteiger partial charge in [-0.05, 0) is 37.0 Å². The summed E-state index contributed by atoms with van der Waals surface area (Å²) in [6.07, 6.45) is 5.03. The molecule has 2 atom stereocenters. The van der Waals surface area contributed by atoms with Crippen molar-refractivity contribution in [1.82, 2.24) is 5.32 Å². The van der Waals surface area contributed by atoms with Crippen molar-refractivity contribution in [2.75, 3.05) is 13.2 Å². The molecule has 2 rings (SSSR count). The fraction of sp³-hybridized carbons (Fsp3) is 0.562. The van der Waals surface area contributed by atoms with Crippen molar-refractivity contribution in [3.8, 4) is 0 Å². The molecule has 1 N–H and O–H groups in total. The van der Waals surface area contributed by atoms with Crippen LogP contribution in [0.1, 0.15) is 43.0 Å². The fourth-order valence-corrected chi connectivity index (χ4v) is 2.84. The smallest absolute Gasteiger partial charge is 0.254 e. The van der Waals surface area contributed by atoms with E-state index in [0.717, 1.165) is 6.42 Å². The van der Waals surface area contributed by atoms with Crippen LogP contribution in [0.4, 0.5) is 4.39 Å². The third-order valence-electron chi connectivity index (χ3n) is 3.93. The van der Waals surface area contributed by atoms with E-state index >= 15 is 0 Å². The quantitative estimate of drug-likeness (QED) is 0.840. The van der Waals surface area contributed by atoms with Gasteiger partial charge in [-0.15, -0.1) is 0 Å². The summed E-state index contributed by atoms with van der Waals surface area (Å²) in [5, 5.41) is 3.00. The number of carbonyl (C=O) groups excluding carboxylic acids is 1. The molecular weight excluding hydrogens is 293 g/mol. The van der Waals surface area contributed by atoms with Gasteiger partial charge in [-0.25, -0.2) is 4.39 Å². The highest BCUT2D eigenvalue weighted by Gasteiger charge is 2.21. The number of rotatable bonds is 5. The zero-order valence-electron chi connectivity index (χ0n) is 12.2. The van der Waals surface area contributed by atoms with E-state index in [-0.39, 0.29) is 11.7 Å². The molecule has 0 aliphatic heterocycles. The molecule has 5 heteroatoms. The highest BCUT2D eigenvalue weighted by atomic mass is 35.5. The van der Waals surface area contributed by atoms with Crippen molar-refractivity contribution >= 4 is 17.5 Å². The van der Waals surface area contributed by atoms with E-state index in [1.54, 1.807) is 0 Å². The van der Waals surface area contributed by atoms with Gasteiger partial charge in [0.2, 0.25) is 0 Å². The van der Waals surface area contributed by atoms with Gasteiger partial charge in [0.15, 0.2) is 0 Å². The topological polar surface area (TPSA) is 38.3 Å². The predicted molar refractivity (Wildman–Crippen MR) is 81.1 cm³/mol. The Bertz CT molecular complexity index is 495. The summed E-state index contributed by atoms with van der Waals surface area (Å²) in [6, 6.07) is 3.94. The Hall–Kier alpha value is -1.13. The molecular formula is C16H21ClFNO2. The number of ether oxygens (including phenoxy) is 1. The molecule has 21 heavy (non-hydrogen) atoms. The Morgan fingerprint density at radius 2 is 2.19 bits per heavy atom. The largest absolute Gasteiger partial charge is 0.376 e. The van der Waals surface area contributed by atoms with Gasteiger partial charge in [-0.2, -0.15) is 0 Å². The van der Waals surface area contributed by atoms with Crippen LogP contribution in [0.25, 0.3) is 0 Å². The van der Waals surface area contributed by atoms with E-state index in [1.165, 1.54) is 37.5 Å². The summed E-state index contributed by atoms with van der Waals surface area (Å²) in [5.74, 6) is -0.464. The second-order valence-corrected chi connectivity index (χ2v) is 5.99. The van der Waals surface area contributed by atoms with E-state index < -0.39 is 11.7 Å². The number of nitrogens with one attached hydrogen (secondary N) is 1. The lowest BCUT2D eigenvalue weighted by Crippen LogP contribution is -2.32. The lowest BCUT2D eigenvalue weighted by molar-refractivity contribution is -0.00295. The summed E-state index contributed by atoms with van der Waals surface area (Å²) in [7, 11) is 0. The Morgan fingerprint density at radius 1 is 1.43 bits per heavy atom. The standard InChI is InChI=1S/C16H21ClFNO2/c1-11-4-2-3-5-15(11)21-9-8-19-16(20)13-10-12(17)6-7-14(13)18/h6-7,10-11,15H,2-5,8-9H2,1H3,(H,19,20)/t11-,15-/m0/s1. The zero-order chi connectivity index (χ0) is 15.2. The van der Waals surface area contributed by atoms with Gasteiger partial charge in [0.25, 0.3) is 5.91 Å². The van der Waals surface area contributed by atoms with Crippen LogP contribution in [0.15, 0.2) is 18.2 Å². The first-order valence-corrected chi connectivity index (χ1v) is 7.80. The van der Waals surface area contributed by atoms with Crippen molar-refractivity contribution in [1.29, 1.82) is 0 Å². The van der Waals surface area contributed by atoms with Crippen LogP contribution in [0, 0.1) is 11.7 Å². The average Bonchev–Trinajstić information content (AvgIpc) is 2.47. The highest BCUT2D eigenvalue weighted by Crippen LogP contribution is 2.26. The second-order valence-electron chi connectivity index (χ2n) is 5.55. The third kappa shape index (κ3) is 4.68. The van der Waals surface area contributed by atoms with Crippen LogP contribution < -0.4 is 5.32 Å². The maximum Gasteiger partial charge on any atom is 0.254 e. The van der Waals surface area contributed by atoms with E-state index in [9.17, 15) is 9.18 Å². The van der Waals surface area contributed by atoms with E-state index in [4.69, 9.17) is 16.3 Å². The Balaban J connectivity index is 1.75. The van der Waals surface area contributed by atoms with Crippen LogP contribution in [0.2, 0.25) is 5.02 Å². The van der Waals surface area contributed by atoms with Crippen LogP contribution in [0.3, 0.4) is 0 Å². The van der Waals surface area contributed by atoms with E-state index in [0.29, 0.717) is 24.1 Å². The number of benzene rings is 1. The first-order chi connectivity index (χ1) is 10.1. The molecule has 0 heterocycles. The molecule has 1 aromatic carbocycles. The minimum absolute atomic E-state index is 0.0338. The maximum absolute atomic E-state index is 13.5. The minimum atomic E-state index is -0.571. The van der Waals surface area contributed by atoms with Crippen LogP contribution in [-0.4, -0.2) is 25.2 Å². The summed E-state index contributed by atoms with van der Waals surface area (Å²) in [5.41, 5.74) is -0.0338. The molecule has 1 aliphatic carbocycles. The number of halogens is 2. The summed E-state index contributed by atoms with van der Waals surface area (Å²) in [4.78, 5) is 11.9. The molecule has 0 unspecified atom stereocenters. The molecule has 0 radical (unpaired) electrons. The summed E-state index contributed by atoms with van der Waals surface area (Å²) in [6.45, 7) is 3.01. The molecule has 1 fully saturated rings. The van der Waals surface area contributed by atoms with Gasteiger partial charge < -0.3 is 10.1 Å². The Morgan fingerprint density at radius 3 is 2.95 bits per heavy atom. The second kappa shape index (κ2) is 7.76. The summed E-state index contributed by atoms with van der Waals surface area (Å²) < 4.78 is 19.3. The van der Waals surface area contributed by atoms with Crippen molar-refractivity contribution in [2.45, 2.75) is 38.7 Å². The normalized spacial score (nSPS) is 22.0. The predicted octanol–water partition coefficient (Wildman–Crippen LogP) is 3.80. The molecule has 0 bridgehead atoms. The lowest BCUT2D eigenvalue weighted by atomic mass is 9.88. The van der Waals surface area contributed by atoms with E-state index in [2.05, 4.69) is 12.2 Å². The number of carbonyl (C=O) groups is 1. The lowest BCUT2D eigenvalue weighted by Gasteiger charge is -2.28. The molecule has 3 nitrogen and oxygen atoms in total. The van der Waals surface area contributed by atoms with Gasteiger partial charge in [-0.1, -0.05) is 31.4 Å². The van der Waals surface area contributed by atoms with Crippen molar-refractivity contribution in [2.24, 2.45) is 5.92 Å². The number of amides is 1. The number of hydrogen-bond acceptors (Lipinski definition) is 2. The molecule has 1 saturated carbocycles. The molecule has 116 valence electrons. The molecule has 0 aromatic heterocycles. The third-order valence-corrected chi connectivity index (χ3v) is 4.16.